The Bertz CT molecular complexity index is 1000. The van der Waals surface area contributed by atoms with Crippen molar-refractivity contribution in [1.82, 2.24) is 0 Å². The van der Waals surface area contributed by atoms with Gasteiger partial charge in [0.05, 0.1) is 39.1 Å². The van der Waals surface area contributed by atoms with Crippen LogP contribution in [0.15, 0.2) is 47.6 Å². The number of hydrogen-bond acceptors (Lipinski definition) is 7. The summed E-state index contributed by atoms with van der Waals surface area (Å²) in [5.74, 6) is 1.01. The topological polar surface area (TPSA) is 86.7 Å². The van der Waals surface area contributed by atoms with Crippen LogP contribution < -0.4 is 19.1 Å². The van der Waals surface area contributed by atoms with Gasteiger partial charge in [0.25, 0.3) is 5.91 Å². The van der Waals surface area contributed by atoms with Gasteiger partial charge in [-0.1, -0.05) is 5.16 Å². The molecule has 150 valence electrons. The summed E-state index contributed by atoms with van der Waals surface area (Å²) in [4.78, 5) is 32.5. The SMILES string of the molecule is COc1ccc(N2C(=O)C[C@@]3(CC(c4ccc(OC)c(OC)c4)=NO3)C2=O)cc1. The average molecular weight is 396 g/mol. The minimum Gasteiger partial charge on any atom is -0.497 e. The highest BCUT2D eigenvalue weighted by Crippen LogP contribution is 2.40. The Morgan fingerprint density at radius 2 is 1.66 bits per heavy atom. The van der Waals surface area contributed by atoms with Gasteiger partial charge >= 0.3 is 0 Å². The molecule has 2 amide bonds. The maximum Gasteiger partial charge on any atom is 0.281 e. The van der Waals surface area contributed by atoms with Gasteiger partial charge in [0.15, 0.2) is 11.5 Å². The molecule has 0 aromatic heterocycles. The smallest absolute Gasteiger partial charge is 0.281 e. The molecule has 0 radical (unpaired) electrons. The van der Waals surface area contributed by atoms with E-state index in [1.807, 2.05) is 6.07 Å². The van der Waals surface area contributed by atoms with Gasteiger partial charge in [0, 0.05) is 12.0 Å². The number of rotatable bonds is 5. The summed E-state index contributed by atoms with van der Waals surface area (Å²) in [6, 6.07) is 12.1. The summed E-state index contributed by atoms with van der Waals surface area (Å²) in [7, 11) is 4.65. The van der Waals surface area contributed by atoms with Crippen molar-refractivity contribution in [3.8, 4) is 17.2 Å². The van der Waals surface area contributed by atoms with Crippen LogP contribution >= 0.6 is 0 Å². The second-order valence-electron chi connectivity index (χ2n) is 6.78. The number of carbonyl (C=O) groups is 2. The number of anilines is 1. The lowest BCUT2D eigenvalue weighted by atomic mass is 9.92. The Morgan fingerprint density at radius 3 is 2.31 bits per heavy atom. The summed E-state index contributed by atoms with van der Waals surface area (Å²) in [6.45, 7) is 0. The molecule has 1 spiro atoms. The molecule has 2 heterocycles. The monoisotopic (exact) mass is 396 g/mol. The Balaban J connectivity index is 1.58. The van der Waals surface area contributed by atoms with Gasteiger partial charge in [-0.25, -0.2) is 4.90 Å². The van der Waals surface area contributed by atoms with Crippen LogP contribution in [0.3, 0.4) is 0 Å². The summed E-state index contributed by atoms with van der Waals surface area (Å²) in [5, 5.41) is 4.11. The lowest BCUT2D eigenvalue weighted by Crippen LogP contribution is -2.40. The number of imide groups is 1. The van der Waals surface area contributed by atoms with E-state index in [1.165, 1.54) is 0 Å². The van der Waals surface area contributed by atoms with Gasteiger partial charge in [-0.3, -0.25) is 9.59 Å². The highest BCUT2D eigenvalue weighted by Gasteiger charge is 2.58. The van der Waals surface area contributed by atoms with E-state index >= 15 is 0 Å². The third kappa shape index (κ3) is 3.06. The number of oxime groups is 1. The zero-order valence-electron chi connectivity index (χ0n) is 16.3. The fraction of sp³-hybridized carbons (Fsp3) is 0.286. The molecule has 2 aliphatic rings. The minimum absolute atomic E-state index is 0.0713. The van der Waals surface area contributed by atoms with Crippen LogP contribution in [0.4, 0.5) is 5.69 Å². The molecule has 29 heavy (non-hydrogen) atoms. The third-order valence-electron chi connectivity index (χ3n) is 5.11. The van der Waals surface area contributed by atoms with Gasteiger partial charge in [-0.2, -0.15) is 0 Å². The van der Waals surface area contributed by atoms with E-state index in [4.69, 9.17) is 19.0 Å². The fourth-order valence-corrected chi connectivity index (χ4v) is 3.57. The zero-order valence-corrected chi connectivity index (χ0v) is 16.3. The fourth-order valence-electron chi connectivity index (χ4n) is 3.57. The van der Waals surface area contributed by atoms with Crippen molar-refractivity contribution in [2.45, 2.75) is 18.4 Å². The van der Waals surface area contributed by atoms with Crippen LogP contribution in [0, 0.1) is 0 Å². The Kier molecular flexibility index (Phi) is 4.62. The Hall–Kier alpha value is -3.55. The quantitative estimate of drug-likeness (QED) is 0.722. The summed E-state index contributed by atoms with van der Waals surface area (Å²) in [6.07, 6.45) is 0.123. The van der Waals surface area contributed by atoms with E-state index in [9.17, 15) is 9.59 Å². The van der Waals surface area contributed by atoms with Gasteiger partial charge < -0.3 is 19.0 Å². The first-order valence-corrected chi connectivity index (χ1v) is 9.00. The molecule has 8 heteroatoms. The second kappa shape index (κ2) is 7.12. The first-order chi connectivity index (χ1) is 14.0. The molecular formula is C21H20N2O6. The number of amides is 2. The van der Waals surface area contributed by atoms with Crippen molar-refractivity contribution in [3.63, 3.8) is 0 Å². The first-order valence-electron chi connectivity index (χ1n) is 9.00. The van der Waals surface area contributed by atoms with Crippen LogP contribution in [-0.4, -0.2) is 44.5 Å². The third-order valence-corrected chi connectivity index (χ3v) is 5.11. The predicted octanol–water partition coefficient (Wildman–Crippen LogP) is 2.54. The highest BCUT2D eigenvalue weighted by atomic mass is 16.7. The van der Waals surface area contributed by atoms with Gasteiger partial charge in [0.1, 0.15) is 5.75 Å². The number of carbonyl (C=O) groups excluding carboxylic acids is 2. The normalized spacial score (nSPS) is 20.7. The number of methoxy groups -OCH3 is 3. The van der Waals surface area contributed by atoms with Gasteiger partial charge in [-0.05, 0) is 42.5 Å². The van der Waals surface area contributed by atoms with E-state index in [1.54, 1.807) is 57.7 Å². The molecule has 4 rings (SSSR count). The number of ether oxygens (including phenoxy) is 3. The Labute approximate surface area is 167 Å². The van der Waals surface area contributed by atoms with Crippen molar-refractivity contribution in [1.29, 1.82) is 0 Å². The van der Waals surface area contributed by atoms with Gasteiger partial charge in [0.2, 0.25) is 11.5 Å². The predicted molar refractivity (Wildman–Crippen MR) is 105 cm³/mol. The molecule has 1 atom stereocenters. The van der Waals surface area contributed by atoms with Crippen molar-refractivity contribution in [2.24, 2.45) is 5.16 Å². The van der Waals surface area contributed by atoms with Crippen LogP contribution in [-0.2, 0) is 14.4 Å². The van der Waals surface area contributed by atoms with Crippen LogP contribution in [0.25, 0.3) is 0 Å². The van der Waals surface area contributed by atoms with E-state index in [0.717, 1.165) is 10.5 Å². The molecule has 2 aliphatic heterocycles. The number of benzene rings is 2. The minimum atomic E-state index is -1.32. The average Bonchev–Trinajstić information content (AvgIpc) is 3.28. The molecule has 0 unspecified atom stereocenters. The largest absolute Gasteiger partial charge is 0.497 e. The lowest BCUT2D eigenvalue weighted by molar-refractivity contribution is -0.136. The maximum atomic E-state index is 13.1. The van der Waals surface area contributed by atoms with Crippen molar-refractivity contribution < 1.29 is 28.6 Å². The van der Waals surface area contributed by atoms with Crippen LogP contribution in [0.2, 0.25) is 0 Å². The molecule has 1 saturated heterocycles. The molecule has 0 N–H and O–H groups in total. The van der Waals surface area contributed by atoms with Crippen molar-refractivity contribution in [3.05, 3.63) is 48.0 Å². The van der Waals surface area contributed by atoms with Crippen molar-refractivity contribution >= 4 is 23.2 Å². The van der Waals surface area contributed by atoms with E-state index in [-0.39, 0.29) is 18.7 Å². The van der Waals surface area contributed by atoms with E-state index in [0.29, 0.717) is 28.6 Å². The number of nitrogens with zero attached hydrogens (tertiary/aromatic N) is 2. The summed E-state index contributed by atoms with van der Waals surface area (Å²) >= 11 is 0. The summed E-state index contributed by atoms with van der Waals surface area (Å²) < 4.78 is 15.7. The standard InChI is InChI=1S/C21H20N2O6/c1-26-15-7-5-14(6-8-15)23-19(24)12-21(20(23)25)11-16(22-29-21)13-4-9-17(27-2)18(10-13)28-3/h4-10H,11-12H2,1-3H3/t21-/m0/s1. The molecular weight excluding hydrogens is 376 g/mol. The molecule has 2 aromatic carbocycles. The van der Waals surface area contributed by atoms with Crippen molar-refractivity contribution in [2.75, 3.05) is 26.2 Å². The van der Waals surface area contributed by atoms with Crippen LogP contribution in [0.1, 0.15) is 18.4 Å². The first kappa shape index (κ1) is 18.8. The Morgan fingerprint density at radius 1 is 0.931 bits per heavy atom. The maximum absolute atomic E-state index is 13.1. The second-order valence-corrected chi connectivity index (χ2v) is 6.78. The molecule has 2 aromatic rings. The van der Waals surface area contributed by atoms with E-state index in [2.05, 4.69) is 5.16 Å². The van der Waals surface area contributed by atoms with E-state index < -0.39 is 11.5 Å². The lowest BCUT2D eigenvalue weighted by Gasteiger charge is -2.19. The number of hydrogen-bond donors (Lipinski definition) is 0. The van der Waals surface area contributed by atoms with Crippen LogP contribution in [0.5, 0.6) is 17.2 Å². The zero-order chi connectivity index (χ0) is 20.6. The molecule has 0 aliphatic carbocycles. The molecule has 0 saturated carbocycles. The molecule has 0 bridgehead atoms. The molecule has 8 nitrogen and oxygen atoms in total. The summed E-state index contributed by atoms with van der Waals surface area (Å²) in [5.41, 5.74) is 0.465. The molecule has 1 fully saturated rings. The highest BCUT2D eigenvalue weighted by molar-refractivity contribution is 6.25. The van der Waals surface area contributed by atoms with Gasteiger partial charge in [-0.15, -0.1) is 0 Å².